The molecule has 1 aliphatic heterocycles. The van der Waals surface area contributed by atoms with Crippen molar-refractivity contribution in [1.29, 1.82) is 0 Å². The van der Waals surface area contributed by atoms with E-state index < -0.39 is 0 Å². The van der Waals surface area contributed by atoms with Gasteiger partial charge in [0.05, 0.1) is 0 Å². The minimum absolute atomic E-state index is 0. The molecule has 0 radical (unpaired) electrons. The monoisotopic (exact) mass is 248 g/mol. The lowest BCUT2D eigenvalue weighted by Gasteiger charge is -2.24. The van der Waals surface area contributed by atoms with Crippen LogP contribution in [-0.4, -0.2) is 24.5 Å². The Morgan fingerprint density at radius 3 is 2.38 bits per heavy atom. The van der Waals surface area contributed by atoms with Crippen LogP contribution in [0.5, 0.6) is 0 Å². The lowest BCUT2D eigenvalue weighted by Crippen LogP contribution is -2.40. The standard InChI is InChI=1S/C12H24N2O.ClH/c1-12(2,3)14-11(15)5-4-10-6-8-13-9-7-10;/h10,13H,4-9H2,1-3H3,(H,14,15);1H. The average molecular weight is 249 g/mol. The Labute approximate surface area is 105 Å². The average Bonchev–Trinajstić information content (AvgIpc) is 2.14. The maximum absolute atomic E-state index is 11.6. The van der Waals surface area contributed by atoms with Crippen molar-refractivity contribution in [3.8, 4) is 0 Å². The maximum Gasteiger partial charge on any atom is 0.220 e. The Kier molecular flexibility index (Phi) is 7.00. The molecule has 1 heterocycles. The summed E-state index contributed by atoms with van der Waals surface area (Å²) < 4.78 is 0. The van der Waals surface area contributed by atoms with Gasteiger partial charge in [0.2, 0.25) is 5.91 Å². The zero-order valence-corrected chi connectivity index (χ0v) is 11.5. The minimum atomic E-state index is -0.0921. The van der Waals surface area contributed by atoms with Crippen LogP contribution in [-0.2, 0) is 4.79 Å². The van der Waals surface area contributed by atoms with Crippen LogP contribution >= 0.6 is 12.4 Å². The normalized spacial score (nSPS) is 17.7. The number of piperidine rings is 1. The van der Waals surface area contributed by atoms with Gasteiger partial charge >= 0.3 is 0 Å². The molecule has 0 spiro atoms. The van der Waals surface area contributed by atoms with E-state index in [0.717, 1.165) is 25.4 Å². The molecule has 1 aliphatic rings. The first-order valence-electron chi connectivity index (χ1n) is 5.99. The predicted octanol–water partition coefficient (Wildman–Crippen LogP) is 2.10. The molecule has 2 N–H and O–H groups in total. The number of halogens is 1. The Morgan fingerprint density at radius 1 is 1.31 bits per heavy atom. The second-order valence-corrected chi connectivity index (χ2v) is 5.53. The number of hydrogen-bond donors (Lipinski definition) is 2. The molecule has 0 aliphatic carbocycles. The van der Waals surface area contributed by atoms with Gasteiger partial charge in [-0.15, -0.1) is 12.4 Å². The summed E-state index contributed by atoms with van der Waals surface area (Å²) in [6.45, 7) is 8.30. The van der Waals surface area contributed by atoms with E-state index in [1.807, 2.05) is 20.8 Å². The highest BCUT2D eigenvalue weighted by Crippen LogP contribution is 2.17. The number of carbonyl (C=O) groups is 1. The fourth-order valence-corrected chi connectivity index (χ4v) is 1.99. The maximum atomic E-state index is 11.6. The largest absolute Gasteiger partial charge is 0.352 e. The summed E-state index contributed by atoms with van der Waals surface area (Å²) in [5.41, 5.74) is -0.0921. The SMILES string of the molecule is CC(C)(C)NC(=O)CCC1CCNCC1.Cl. The molecular formula is C12H25ClN2O. The molecule has 16 heavy (non-hydrogen) atoms. The van der Waals surface area contributed by atoms with E-state index in [2.05, 4.69) is 10.6 Å². The highest BCUT2D eigenvalue weighted by atomic mass is 35.5. The Hall–Kier alpha value is -0.280. The van der Waals surface area contributed by atoms with Gasteiger partial charge in [-0.1, -0.05) is 0 Å². The van der Waals surface area contributed by atoms with Crippen LogP contribution in [0.1, 0.15) is 46.5 Å². The van der Waals surface area contributed by atoms with E-state index in [1.54, 1.807) is 0 Å². The van der Waals surface area contributed by atoms with Crippen molar-refractivity contribution in [1.82, 2.24) is 10.6 Å². The zero-order valence-electron chi connectivity index (χ0n) is 10.6. The van der Waals surface area contributed by atoms with Crippen molar-refractivity contribution in [2.75, 3.05) is 13.1 Å². The minimum Gasteiger partial charge on any atom is -0.352 e. The summed E-state index contributed by atoms with van der Waals surface area (Å²) in [6, 6.07) is 0. The molecule has 0 saturated carbocycles. The van der Waals surface area contributed by atoms with Crippen molar-refractivity contribution in [2.45, 2.75) is 52.0 Å². The van der Waals surface area contributed by atoms with Crippen molar-refractivity contribution in [3.63, 3.8) is 0 Å². The fraction of sp³-hybridized carbons (Fsp3) is 0.917. The van der Waals surface area contributed by atoms with Gasteiger partial charge in [-0.2, -0.15) is 0 Å². The molecule has 0 aromatic heterocycles. The third kappa shape index (κ3) is 7.07. The summed E-state index contributed by atoms with van der Waals surface area (Å²) in [7, 11) is 0. The first kappa shape index (κ1) is 15.7. The van der Waals surface area contributed by atoms with E-state index in [0.29, 0.717) is 6.42 Å². The first-order valence-corrected chi connectivity index (χ1v) is 5.99. The molecule has 1 fully saturated rings. The molecule has 1 saturated heterocycles. The van der Waals surface area contributed by atoms with Crippen LogP contribution in [0.3, 0.4) is 0 Å². The van der Waals surface area contributed by atoms with Gasteiger partial charge in [0.15, 0.2) is 0 Å². The molecule has 1 amide bonds. The number of carbonyl (C=O) groups excluding carboxylic acids is 1. The van der Waals surface area contributed by atoms with E-state index >= 15 is 0 Å². The predicted molar refractivity (Wildman–Crippen MR) is 70.0 cm³/mol. The van der Waals surface area contributed by atoms with Gasteiger partial charge in [0.1, 0.15) is 0 Å². The quantitative estimate of drug-likeness (QED) is 0.803. The summed E-state index contributed by atoms with van der Waals surface area (Å²) in [6.07, 6.45) is 4.18. The van der Waals surface area contributed by atoms with E-state index in [4.69, 9.17) is 0 Å². The van der Waals surface area contributed by atoms with Crippen molar-refractivity contribution < 1.29 is 4.79 Å². The Morgan fingerprint density at radius 2 is 1.88 bits per heavy atom. The van der Waals surface area contributed by atoms with Crippen LogP contribution in [0, 0.1) is 5.92 Å². The van der Waals surface area contributed by atoms with Crippen molar-refractivity contribution in [2.24, 2.45) is 5.92 Å². The summed E-state index contributed by atoms with van der Waals surface area (Å²) in [4.78, 5) is 11.6. The molecule has 0 unspecified atom stereocenters. The van der Waals surface area contributed by atoms with Gasteiger partial charge in [0.25, 0.3) is 0 Å². The molecule has 0 aromatic rings. The number of amides is 1. The van der Waals surface area contributed by atoms with Crippen molar-refractivity contribution in [3.05, 3.63) is 0 Å². The van der Waals surface area contributed by atoms with Gasteiger partial charge in [-0.05, 0) is 59.0 Å². The number of nitrogens with one attached hydrogen (secondary N) is 2. The molecular weight excluding hydrogens is 224 g/mol. The first-order chi connectivity index (χ1) is 6.97. The summed E-state index contributed by atoms with van der Waals surface area (Å²) >= 11 is 0. The zero-order chi connectivity index (χ0) is 11.3. The molecule has 0 aromatic carbocycles. The highest BCUT2D eigenvalue weighted by molar-refractivity contribution is 5.85. The van der Waals surface area contributed by atoms with Crippen LogP contribution in [0.4, 0.5) is 0 Å². The highest BCUT2D eigenvalue weighted by Gasteiger charge is 2.17. The topological polar surface area (TPSA) is 41.1 Å². The van der Waals surface area contributed by atoms with E-state index in [1.165, 1.54) is 12.8 Å². The summed E-state index contributed by atoms with van der Waals surface area (Å²) in [5, 5.41) is 6.34. The Balaban J connectivity index is 0.00000225. The van der Waals surface area contributed by atoms with Gasteiger partial charge in [0, 0.05) is 12.0 Å². The summed E-state index contributed by atoms with van der Waals surface area (Å²) in [5.74, 6) is 0.943. The number of hydrogen-bond acceptors (Lipinski definition) is 2. The molecule has 0 atom stereocenters. The van der Waals surface area contributed by atoms with Crippen LogP contribution in [0.15, 0.2) is 0 Å². The second kappa shape index (κ2) is 7.13. The molecule has 96 valence electrons. The third-order valence-electron chi connectivity index (χ3n) is 2.75. The molecule has 0 bridgehead atoms. The lowest BCUT2D eigenvalue weighted by molar-refractivity contribution is -0.122. The van der Waals surface area contributed by atoms with Gasteiger partial charge in [-0.3, -0.25) is 4.79 Å². The third-order valence-corrected chi connectivity index (χ3v) is 2.75. The molecule has 3 nitrogen and oxygen atoms in total. The smallest absolute Gasteiger partial charge is 0.220 e. The van der Waals surface area contributed by atoms with Gasteiger partial charge in [-0.25, -0.2) is 0 Å². The molecule has 4 heteroatoms. The fourth-order valence-electron chi connectivity index (χ4n) is 1.99. The van der Waals surface area contributed by atoms with Crippen molar-refractivity contribution >= 4 is 18.3 Å². The van der Waals surface area contributed by atoms with E-state index in [-0.39, 0.29) is 23.9 Å². The van der Waals surface area contributed by atoms with Crippen LogP contribution in [0.2, 0.25) is 0 Å². The lowest BCUT2D eigenvalue weighted by atomic mass is 9.93. The second-order valence-electron chi connectivity index (χ2n) is 5.53. The van der Waals surface area contributed by atoms with Crippen LogP contribution < -0.4 is 10.6 Å². The van der Waals surface area contributed by atoms with Crippen LogP contribution in [0.25, 0.3) is 0 Å². The Bertz CT molecular complexity index is 208. The van der Waals surface area contributed by atoms with Gasteiger partial charge < -0.3 is 10.6 Å². The number of rotatable bonds is 3. The van der Waals surface area contributed by atoms with E-state index in [9.17, 15) is 4.79 Å². The molecule has 1 rings (SSSR count).